The van der Waals surface area contributed by atoms with E-state index in [0.717, 1.165) is 16.7 Å². The number of rotatable bonds is 4. The highest BCUT2D eigenvalue weighted by molar-refractivity contribution is 8.01. The number of nitrogens with one attached hydrogen (secondary N) is 1. The Hall–Kier alpha value is -1.91. The van der Waals surface area contributed by atoms with Gasteiger partial charge in [-0.1, -0.05) is 58.4 Å². The Morgan fingerprint density at radius 3 is 2.61 bits per heavy atom. The van der Waals surface area contributed by atoms with Crippen molar-refractivity contribution >= 4 is 73.8 Å². The van der Waals surface area contributed by atoms with Gasteiger partial charge in [-0.25, -0.2) is 8.42 Å². The molecule has 1 aliphatic heterocycles. The van der Waals surface area contributed by atoms with Crippen LogP contribution < -0.4 is 5.32 Å². The highest BCUT2D eigenvalue weighted by Crippen LogP contribution is 2.39. The van der Waals surface area contributed by atoms with E-state index in [2.05, 4.69) is 15.5 Å². The fourth-order valence-electron chi connectivity index (χ4n) is 2.43. The van der Waals surface area contributed by atoms with E-state index in [-0.39, 0.29) is 9.90 Å². The predicted octanol–water partition coefficient (Wildman–Crippen LogP) is 5.01. The third-order valence-electron chi connectivity index (χ3n) is 3.71. The van der Waals surface area contributed by atoms with E-state index in [0.29, 0.717) is 30.5 Å². The van der Waals surface area contributed by atoms with Gasteiger partial charge in [-0.3, -0.25) is 4.79 Å². The molecule has 0 unspecified atom stereocenters. The normalized spacial score (nSPS) is 14.1. The first-order valence-corrected chi connectivity index (χ1v) is 11.6. The summed E-state index contributed by atoms with van der Waals surface area (Å²) in [7, 11) is -3.45. The molecule has 0 aliphatic carbocycles. The van der Waals surface area contributed by atoms with Gasteiger partial charge in [0.25, 0.3) is 5.91 Å². The Labute approximate surface area is 178 Å². The minimum absolute atomic E-state index is 0.132. The van der Waals surface area contributed by atoms with Gasteiger partial charge in [0, 0.05) is 11.1 Å². The second-order valence-corrected chi connectivity index (χ2v) is 10.4. The number of nitrogens with zero attached hydrogens (tertiary/aromatic N) is 2. The number of amides is 1. The maximum atomic E-state index is 12.4. The van der Waals surface area contributed by atoms with Gasteiger partial charge >= 0.3 is 0 Å². The summed E-state index contributed by atoms with van der Waals surface area (Å²) in [4.78, 5) is 13.2. The van der Waals surface area contributed by atoms with Gasteiger partial charge in [0.05, 0.1) is 19.8 Å². The van der Waals surface area contributed by atoms with E-state index >= 15 is 0 Å². The smallest absolute Gasteiger partial charge is 0.286 e. The van der Waals surface area contributed by atoms with Crippen LogP contribution in [0.25, 0.3) is 6.08 Å². The number of aromatic nitrogens is 2. The maximum absolute atomic E-state index is 12.4. The average molecular weight is 470 g/mol. The standard InChI is InChI=1S/C17H9Cl2N3O3S3/c18-11-2-1-3-12(19)14(11)26-17-22-21-16(27-17)15(23)20-10-5-4-9-6-7-28(24,25)13(9)8-10/h1-8H,(H,20,23). The molecule has 2 heterocycles. The molecule has 0 atom stereocenters. The number of benzene rings is 2. The number of hydrogen-bond donors (Lipinski definition) is 1. The lowest BCUT2D eigenvalue weighted by Gasteiger charge is -2.05. The zero-order valence-electron chi connectivity index (χ0n) is 13.7. The Morgan fingerprint density at radius 2 is 1.86 bits per heavy atom. The molecule has 1 aromatic heterocycles. The molecule has 0 radical (unpaired) electrons. The molecule has 6 nitrogen and oxygen atoms in total. The Bertz CT molecular complexity index is 1220. The third kappa shape index (κ3) is 3.81. The number of sulfone groups is 1. The topological polar surface area (TPSA) is 89.0 Å². The van der Waals surface area contributed by atoms with Crippen LogP contribution in [0.1, 0.15) is 15.4 Å². The average Bonchev–Trinajstić information content (AvgIpc) is 3.23. The number of halogens is 2. The predicted molar refractivity (Wildman–Crippen MR) is 111 cm³/mol. The molecule has 28 heavy (non-hydrogen) atoms. The Morgan fingerprint density at radius 1 is 1.11 bits per heavy atom. The summed E-state index contributed by atoms with van der Waals surface area (Å²) in [6.45, 7) is 0. The summed E-state index contributed by atoms with van der Waals surface area (Å²) in [6.07, 6.45) is 1.52. The molecule has 2 aromatic carbocycles. The number of hydrogen-bond acceptors (Lipinski definition) is 7. The summed E-state index contributed by atoms with van der Waals surface area (Å²) in [5, 5.41) is 12.7. The van der Waals surface area contributed by atoms with Crippen molar-refractivity contribution < 1.29 is 13.2 Å². The molecule has 1 amide bonds. The first kappa shape index (κ1) is 19.4. The molecule has 0 bridgehead atoms. The molecule has 4 rings (SSSR count). The van der Waals surface area contributed by atoms with Crippen LogP contribution in [0.15, 0.2) is 55.9 Å². The van der Waals surface area contributed by atoms with Gasteiger partial charge in [0.2, 0.25) is 14.8 Å². The summed E-state index contributed by atoms with van der Waals surface area (Å²) < 4.78 is 24.4. The summed E-state index contributed by atoms with van der Waals surface area (Å²) >= 11 is 14.6. The number of anilines is 1. The van der Waals surface area contributed by atoms with Gasteiger partial charge in [-0.2, -0.15) is 0 Å². The molecule has 1 aliphatic rings. The molecular weight excluding hydrogens is 461 g/mol. The second-order valence-electron chi connectivity index (χ2n) is 5.58. The quantitative estimate of drug-likeness (QED) is 0.577. The van der Waals surface area contributed by atoms with Gasteiger partial charge in [-0.15, -0.1) is 10.2 Å². The lowest BCUT2D eigenvalue weighted by molar-refractivity contribution is 0.102. The highest BCUT2D eigenvalue weighted by Gasteiger charge is 2.22. The third-order valence-corrected chi connectivity index (χ3v) is 8.15. The van der Waals surface area contributed by atoms with Gasteiger partial charge in [-0.05, 0) is 35.9 Å². The van der Waals surface area contributed by atoms with Crippen LogP contribution in [0, 0.1) is 0 Å². The van der Waals surface area contributed by atoms with Crippen LogP contribution in [0.2, 0.25) is 10.0 Å². The first-order chi connectivity index (χ1) is 13.3. The van der Waals surface area contributed by atoms with Crippen LogP contribution in [0.5, 0.6) is 0 Å². The van der Waals surface area contributed by atoms with Crippen LogP contribution in [-0.4, -0.2) is 24.5 Å². The van der Waals surface area contributed by atoms with E-state index in [1.807, 2.05) is 0 Å². The molecule has 0 spiro atoms. The maximum Gasteiger partial charge on any atom is 0.286 e. The zero-order valence-corrected chi connectivity index (χ0v) is 17.7. The minimum Gasteiger partial charge on any atom is -0.320 e. The van der Waals surface area contributed by atoms with Crippen molar-refractivity contribution in [3.63, 3.8) is 0 Å². The van der Waals surface area contributed by atoms with Crippen molar-refractivity contribution in [2.45, 2.75) is 14.1 Å². The zero-order chi connectivity index (χ0) is 19.9. The molecule has 0 fully saturated rings. The van der Waals surface area contributed by atoms with E-state index in [1.165, 1.54) is 23.9 Å². The largest absolute Gasteiger partial charge is 0.320 e. The number of carbonyl (C=O) groups excluding carboxylic acids is 1. The van der Waals surface area contributed by atoms with Crippen LogP contribution >= 0.6 is 46.3 Å². The summed E-state index contributed by atoms with van der Waals surface area (Å²) in [5.41, 5.74) is 0.943. The lowest BCUT2D eigenvalue weighted by Crippen LogP contribution is -2.12. The highest BCUT2D eigenvalue weighted by atomic mass is 35.5. The fraction of sp³-hybridized carbons (Fsp3) is 0. The first-order valence-electron chi connectivity index (χ1n) is 7.67. The van der Waals surface area contributed by atoms with Crippen LogP contribution in [0.3, 0.4) is 0 Å². The summed E-state index contributed by atoms with van der Waals surface area (Å²) in [5.74, 6) is -0.488. The molecule has 0 saturated heterocycles. The molecule has 1 N–H and O–H groups in total. The molecule has 142 valence electrons. The van der Waals surface area contributed by atoms with E-state index in [9.17, 15) is 13.2 Å². The lowest BCUT2D eigenvalue weighted by atomic mass is 10.2. The van der Waals surface area contributed by atoms with Crippen molar-refractivity contribution in [3.05, 3.63) is 62.4 Å². The van der Waals surface area contributed by atoms with Crippen molar-refractivity contribution in [2.24, 2.45) is 0 Å². The van der Waals surface area contributed by atoms with Crippen molar-refractivity contribution in [2.75, 3.05) is 5.32 Å². The van der Waals surface area contributed by atoms with Crippen LogP contribution in [-0.2, 0) is 9.84 Å². The van der Waals surface area contributed by atoms with Gasteiger partial charge < -0.3 is 5.32 Å². The van der Waals surface area contributed by atoms with Crippen molar-refractivity contribution in [1.82, 2.24) is 10.2 Å². The summed E-state index contributed by atoms with van der Waals surface area (Å²) in [6, 6.07) is 9.83. The SMILES string of the molecule is O=C(Nc1ccc2c(c1)S(=O)(=O)C=C2)c1nnc(Sc2c(Cl)cccc2Cl)s1. The van der Waals surface area contributed by atoms with Gasteiger partial charge in [0.1, 0.15) is 0 Å². The van der Waals surface area contributed by atoms with Gasteiger partial charge in [0.15, 0.2) is 4.34 Å². The van der Waals surface area contributed by atoms with Crippen molar-refractivity contribution in [1.29, 1.82) is 0 Å². The molecule has 0 saturated carbocycles. The fourth-order valence-corrected chi connectivity index (χ4v) is 6.00. The molecular formula is C17H9Cl2N3O3S3. The van der Waals surface area contributed by atoms with Crippen LogP contribution in [0.4, 0.5) is 5.69 Å². The Kier molecular flexibility index (Phi) is 5.19. The number of carbonyl (C=O) groups is 1. The second kappa shape index (κ2) is 7.49. The van der Waals surface area contributed by atoms with E-state index in [1.54, 1.807) is 30.3 Å². The Balaban J connectivity index is 1.52. The minimum atomic E-state index is -3.45. The molecule has 3 aromatic rings. The van der Waals surface area contributed by atoms with E-state index < -0.39 is 15.7 Å². The van der Waals surface area contributed by atoms with Crippen molar-refractivity contribution in [3.8, 4) is 0 Å². The van der Waals surface area contributed by atoms with E-state index in [4.69, 9.17) is 23.2 Å². The number of fused-ring (bicyclic) bond motifs is 1. The molecule has 11 heteroatoms. The monoisotopic (exact) mass is 469 g/mol.